The number of hydrogen-bond donors (Lipinski definition) is 3. The van der Waals surface area contributed by atoms with E-state index in [9.17, 15) is 18.0 Å². The number of urea groups is 1. The molecule has 3 N–H and O–H groups in total. The van der Waals surface area contributed by atoms with Crippen LogP contribution in [0, 0.1) is 5.92 Å². The monoisotopic (exact) mass is 369 g/mol. The number of carbonyl (C=O) groups is 2. The van der Waals surface area contributed by atoms with Crippen LogP contribution < -0.4 is 15.4 Å². The predicted octanol–water partition coefficient (Wildman–Crippen LogP) is 0.505. The van der Waals surface area contributed by atoms with E-state index in [2.05, 4.69) is 15.4 Å². The third kappa shape index (κ3) is 4.83. The summed E-state index contributed by atoms with van der Waals surface area (Å²) in [7, 11) is 0.800. The van der Waals surface area contributed by atoms with Gasteiger partial charge in [0.1, 0.15) is 0 Å². The van der Waals surface area contributed by atoms with Gasteiger partial charge in [0, 0.05) is 39.9 Å². The summed E-state index contributed by atoms with van der Waals surface area (Å²) >= 11 is 0. The van der Waals surface area contributed by atoms with Gasteiger partial charge in [-0.3, -0.25) is 9.52 Å². The second-order valence-electron chi connectivity index (χ2n) is 5.95. The Morgan fingerprint density at radius 3 is 2.56 bits per heavy atom. The Hall–Kier alpha value is -2.33. The largest absolute Gasteiger partial charge is 0.359 e. The molecule has 1 aliphatic rings. The molecule has 3 amide bonds. The minimum absolute atomic E-state index is 0.0737. The van der Waals surface area contributed by atoms with Crippen LogP contribution >= 0.6 is 0 Å². The molecule has 1 atom stereocenters. The van der Waals surface area contributed by atoms with Gasteiger partial charge < -0.3 is 15.5 Å². The van der Waals surface area contributed by atoms with Crippen LogP contribution in [-0.2, 0) is 15.0 Å². The van der Waals surface area contributed by atoms with Crippen molar-refractivity contribution in [2.24, 2.45) is 5.92 Å². The highest BCUT2D eigenvalue weighted by Gasteiger charge is 2.30. The summed E-state index contributed by atoms with van der Waals surface area (Å²) in [5.74, 6) is -0.274. The molecule has 0 aromatic heterocycles. The molecule has 2 rings (SSSR count). The summed E-state index contributed by atoms with van der Waals surface area (Å²) in [5, 5.41) is 5.31. The highest BCUT2D eigenvalue weighted by molar-refractivity contribution is 7.90. The molecule has 10 heteroatoms. The number of likely N-dealkylation sites (tertiary alicyclic amines) is 1. The predicted molar refractivity (Wildman–Crippen MR) is 95.4 cm³/mol. The number of rotatable bonds is 5. The van der Waals surface area contributed by atoms with E-state index in [1.54, 1.807) is 30.1 Å². The van der Waals surface area contributed by atoms with E-state index in [0.717, 1.165) is 4.31 Å². The van der Waals surface area contributed by atoms with Crippen molar-refractivity contribution in [1.29, 1.82) is 0 Å². The second kappa shape index (κ2) is 7.70. The van der Waals surface area contributed by atoms with Crippen LogP contribution in [0.2, 0.25) is 0 Å². The Kier molecular flexibility index (Phi) is 5.85. The number of anilines is 2. The number of amides is 3. The molecule has 1 aromatic carbocycles. The van der Waals surface area contributed by atoms with E-state index in [1.807, 2.05) is 0 Å². The molecule has 9 nitrogen and oxygen atoms in total. The molecular weight excluding hydrogens is 346 g/mol. The van der Waals surface area contributed by atoms with Crippen LogP contribution in [0.25, 0.3) is 0 Å². The zero-order chi connectivity index (χ0) is 18.6. The van der Waals surface area contributed by atoms with Crippen molar-refractivity contribution in [2.45, 2.75) is 6.42 Å². The van der Waals surface area contributed by atoms with Crippen LogP contribution in [0.4, 0.5) is 16.2 Å². The second-order valence-corrected chi connectivity index (χ2v) is 7.83. The summed E-state index contributed by atoms with van der Waals surface area (Å²) in [6.07, 6.45) is 0.621. The maximum absolute atomic E-state index is 12.3. The molecule has 25 heavy (non-hydrogen) atoms. The third-order valence-electron chi connectivity index (χ3n) is 3.93. The molecule has 1 aliphatic heterocycles. The van der Waals surface area contributed by atoms with Crippen molar-refractivity contribution in [3.8, 4) is 0 Å². The van der Waals surface area contributed by atoms with Crippen LogP contribution in [0.15, 0.2) is 24.3 Å². The van der Waals surface area contributed by atoms with Gasteiger partial charge in [-0.1, -0.05) is 6.07 Å². The lowest BCUT2D eigenvalue weighted by molar-refractivity contribution is -0.124. The molecule has 0 bridgehead atoms. The van der Waals surface area contributed by atoms with Crippen molar-refractivity contribution < 1.29 is 18.0 Å². The highest BCUT2D eigenvalue weighted by atomic mass is 32.2. The van der Waals surface area contributed by atoms with Gasteiger partial charge in [-0.05, 0) is 24.6 Å². The molecule has 0 saturated carbocycles. The van der Waals surface area contributed by atoms with Gasteiger partial charge in [0.15, 0.2) is 0 Å². The topological polar surface area (TPSA) is 111 Å². The molecule has 1 saturated heterocycles. The van der Waals surface area contributed by atoms with Gasteiger partial charge in [0.2, 0.25) is 5.91 Å². The molecule has 0 radical (unpaired) electrons. The first kappa shape index (κ1) is 19.0. The quantitative estimate of drug-likeness (QED) is 0.702. The lowest BCUT2D eigenvalue weighted by Gasteiger charge is -2.18. The molecule has 0 spiro atoms. The van der Waals surface area contributed by atoms with E-state index in [1.165, 1.54) is 20.2 Å². The fourth-order valence-electron chi connectivity index (χ4n) is 2.47. The molecule has 0 aliphatic carbocycles. The van der Waals surface area contributed by atoms with Gasteiger partial charge in [0.25, 0.3) is 0 Å². The Morgan fingerprint density at radius 2 is 1.92 bits per heavy atom. The van der Waals surface area contributed by atoms with Gasteiger partial charge in [-0.25, -0.2) is 4.79 Å². The zero-order valence-electron chi connectivity index (χ0n) is 14.4. The van der Waals surface area contributed by atoms with Crippen molar-refractivity contribution in [3.63, 3.8) is 0 Å². The van der Waals surface area contributed by atoms with Crippen molar-refractivity contribution in [3.05, 3.63) is 24.3 Å². The van der Waals surface area contributed by atoms with Gasteiger partial charge in [0.05, 0.1) is 11.6 Å². The zero-order valence-corrected chi connectivity index (χ0v) is 15.3. The first-order valence-corrected chi connectivity index (χ1v) is 9.25. The maximum atomic E-state index is 12.3. The fourth-order valence-corrected chi connectivity index (χ4v) is 3.07. The van der Waals surface area contributed by atoms with E-state index in [4.69, 9.17) is 0 Å². The number of nitrogens with zero attached hydrogens (tertiary/aromatic N) is 2. The Labute approximate surface area is 147 Å². The fraction of sp³-hybridized carbons (Fsp3) is 0.467. The van der Waals surface area contributed by atoms with Crippen LogP contribution in [0.5, 0.6) is 0 Å². The van der Waals surface area contributed by atoms with E-state index in [0.29, 0.717) is 30.9 Å². The Morgan fingerprint density at radius 1 is 1.24 bits per heavy atom. The molecule has 0 unspecified atom stereocenters. The summed E-state index contributed by atoms with van der Waals surface area (Å²) in [4.78, 5) is 25.5. The number of carbonyl (C=O) groups excluding carboxylic acids is 2. The van der Waals surface area contributed by atoms with Gasteiger partial charge in [-0.2, -0.15) is 12.7 Å². The number of benzene rings is 1. The van der Waals surface area contributed by atoms with E-state index >= 15 is 0 Å². The SMILES string of the molecule is CNC(=O)[C@H]1CCN(C(=O)Nc2cccc(NS(=O)(=O)N(C)C)c2)C1. The normalized spacial score (nSPS) is 17.4. The van der Waals surface area contributed by atoms with E-state index in [-0.39, 0.29) is 17.9 Å². The minimum Gasteiger partial charge on any atom is -0.359 e. The number of nitrogens with one attached hydrogen (secondary N) is 3. The smallest absolute Gasteiger partial charge is 0.321 e. The van der Waals surface area contributed by atoms with Crippen LogP contribution in [0.1, 0.15) is 6.42 Å². The Bertz CT molecular complexity index is 750. The van der Waals surface area contributed by atoms with Crippen molar-refractivity contribution >= 4 is 33.5 Å². The first-order valence-electron chi connectivity index (χ1n) is 7.81. The van der Waals surface area contributed by atoms with Gasteiger partial charge in [-0.15, -0.1) is 0 Å². The van der Waals surface area contributed by atoms with Gasteiger partial charge >= 0.3 is 16.2 Å². The Balaban J connectivity index is 2.00. The average Bonchev–Trinajstić information content (AvgIpc) is 3.04. The lowest BCUT2D eigenvalue weighted by atomic mass is 10.1. The first-order chi connectivity index (χ1) is 11.7. The molecule has 138 valence electrons. The summed E-state index contributed by atoms with van der Waals surface area (Å²) in [6.45, 7) is 0.856. The third-order valence-corrected chi connectivity index (χ3v) is 5.39. The number of hydrogen-bond acceptors (Lipinski definition) is 4. The summed E-state index contributed by atoms with van der Waals surface area (Å²) in [5.41, 5.74) is 0.809. The summed E-state index contributed by atoms with van der Waals surface area (Å²) in [6, 6.07) is 6.11. The molecular formula is C15H23N5O4S. The van der Waals surface area contributed by atoms with E-state index < -0.39 is 10.2 Å². The average molecular weight is 369 g/mol. The molecule has 1 aromatic rings. The van der Waals surface area contributed by atoms with Crippen molar-refractivity contribution in [1.82, 2.24) is 14.5 Å². The summed E-state index contributed by atoms with van der Waals surface area (Å²) < 4.78 is 27.2. The van der Waals surface area contributed by atoms with Crippen LogP contribution in [-0.4, -0.2) is 63.8 Å². The van der Waals surface area contributed by atoms with Crippen LogP contribution in [0.3, 0.4) is 0 Å². The lowest BCUT2D eigenvalue weighted by Crippen LogP contribution is -2.35. The minimum atomic E-state index is -3.62. The highest BCUT2D eigenvalue weighted by Crippen LogP contribution is 2.20. The maximum Gasteiger partial charge on any atom is 0.321 e. The standard InChI is InChI=1S/C15H23N5O4S/c1-16-14(21)11-7-8-20(10-11)15(22)17-12-5-4-6-13(9-12)18-25(23,24)19(2)3/h4-6,9,11,18H,7-8,10H2,1-3H3,(H,16,21)(H,17,22)/t11-/m0/s1. The molecule has 1 fully saturated rings. The van der Waals surface area contributed by atoms with Crippen molar-refractivity contribution in [2.75, 3.05) is 44.3 Å². The molecule has 1 heterocycles.